The number of amides is 1. The second-order valence-corrected chi connectivity index (χ2v) is 9.62. The number of likely N-dealkylation sites (tertiary alicyclic amines) is 2. The number of piperidine rings is 2. The molecule has 1 atom stereocenters. The van der Waals surface area contributed by atoms with Crippen molar-refractivity contribution in [1.82, 2.24) is 19.8 Å². The number of rotatable bonds is 5. The summed E-state index contributed by atoms with van der Waals surface area (Å²) in [4.78, 5) is 28.9. The van der Waals surface area contributed by atoms with E-state index in [0.717, 1.165) is 70.3 Å². The van der Waals surface area contributed by atoms with Crippen molar-refractivity contribution in [2.45, 2.75) is 63.5 Å². The quantitative estimate of drug-likeness (QED) is 0.742. The van der Waals surface area contributed by atoms with Crippen LogP contribution in [0.5, 0.6) is 0 Å². The summed E-state index contributed by atoms with van der Waals surface area (Å²) in [5.74, 6) is 2.26. The molecule has 33 heavy (non-hydrogen) atoms. The minimum atomic E-state index is 0.0121. The Morgan fingerprint density at radius 1 is 0.970 bits per heavy atom. The van der Waals surface area contributed by atoms with Crippen LogP contribution in [0.2, 0.25) is 0 Å². The average Bonchev–Trinajstić information content (AvgIpc) is 3.26. The Bertz CT molecular complexity index is 888. The van der Waals surface area contributed by atoms with E-state index in [1.165, 1.54) is 32.1 Å². The summed E-state index contributed by atoms with van der Waals surface area (Å²) in [5, 5.41) is 3.62. The Kier molecular flexibility index (Phi) is 7.09. The molecule has 0 aromatic carbocycles. The van der Waals surface area contributed by atoms with Gasteiger partial charge >= 0.3 is 0 Å². The summed E-state index contributed by atoms with van der Waals surface area (Å²) in [5.41, 5.74) is 0. The van der Waals surface area contributed by atoms with Gasteiger partial charge in [0, 0.05) is 51.0 Å². The monoisotopic (exact) mass is 452 g/mol. The van der Waals surface area contributed by atoms with Gasteiger partial charge in [0.2, 0.25) is 5.95 Å². The van der Waals surface area contributed by atoms with Crippen LogP contribution in [0.15, 0.2) is 35.1 Å². The molecule has 1 unspecified atom stereocenters. The second kappa shape index (κ2) is 10.5. The van der Waals surface area contributed by atoms with Crippen molar-refractivity contribution in [3.05, 3.63) is 36.4 Å². The molecule has 0 bridgehead atoms. The van der Waals surface area contributed by atoms with Gasteiger partial charge in [-0.25, -0.2) is 4.98 Å². The topological polar surface area (TPSA) is 77.7 Å². The number of carbonyl (C=O) groups is 1. The number of nitrogens with one attached hydrogen (secondary N) is 1. The van der Waals surface area contributed by atoms with Crippen molar-refractivity contribution in [3.63, 3.8) is 0 Å². The van der Waals surface area contributed by atoms with Crippen LogP contribution in [0.25, 0.3) is 0 Å². The molecule has 0 saturated carbocycles. The van der Waals surface area contributed by atoms with E-state index in [1.54, 1.807) is 18.4 Å². The number of hydrogen-bond acceptors (Lipinski definition) is 7. The van der Waals surface area contributed by atoms with Crippen LogP contribution < -0.4 is 10.2 Å². The van der Waals surface area contributed by atoms with Gasteiger partial charge in [-0.1, -0.05) is 12.8 Å². The van der Waals surface area contributed by atoms with Gasteiger partial charge in [0.25, 0.3) is 5.91 Å². The maximum atomic E-state index is 12.6. The molecule has 178 valence electrons. The molecule has 0 radical (unpaired) electrons. The highest BCUT2D eigenvalue weighted by molar-refractivity contribution is 5.91. The Morgan fingerprint density at radius 3 is 2.55 bits per heavy atom. The molecule has 5 rings (SSSR count). The van der Waals surface area contributed by atoms with Gasteiger partial charge in [-0.2, -0.15) is 4.98 Å². The Hall–Kier alpha value is -2.61. The largest absolute Gasteiger partial charge is 0.459 e. The van der Waals surface area contributed by atoms with Crippen LogP contribution in [0, 0.1) is 0 Å². The molecule has 2 aromatic heterocycles. The molecule has 3 saturated heterocycles. The molecule has 8 heteroatoms. The van der Waals surface area contributed by atoms with Crippen molar-refractivity contribution >= 4 is 17.7 Å². The third-order valence-corrected chi connectivity index (χ3v) is 7.36. The standard InChI is InChI=1S/C25H36N6O2/c32-24(22-8-6-18-33-22)30-16-10-21(11-17-30)31-15-5-7-20(19-31)27-25-26-12-9-23(28-25)29-13-3-1-2-4-14-29/h6,8-9,12,18,20-21H,1-5,7,10-11,13-17,19H2,(H,26,27,28). The normalized spacial score (nSPS) is 23.3. The van der Waals surface area contributed by atoms with Gasteiger partial charge in [0.15, 0.2) is 5.76 Å². The van der Waals surface area contributed by atoms with E-state index in [2.05, 4.69) is 20.1 Å². The average molecular weight is 453 g/mol. The van der Waals surface area contributed by atoms with E-state index in [0.29, 0.717) is 17.8 Å². The maximum absolute atomic E-state index is 12.6. The number of anilines is 2. The molecule has 1 N–H and O–H groups in total. The van der Waals surface area contributed by atoms with E-state index in [9.17, 15) is 4.79 Å². The molecule has 3 fully saturated rings. The minimum absolute atomic E-state index is 0.0121. The molecule has 2 aromatic rings. The summed E-state index contributed by atoms with van der Waals surface area (Å²) < 4.78 is 5.29. The van der Waals surface area contributed by atoms with Crippen molar-refractivity contribution in [2.75, 3.05) is 49.5 Å². The van der Waals surface area contributed by atoms with Crippen LogP contribution in [0.1, 0.15) is 61.9 Å². The van der Waals surface area contributed by atoms with Gasteiger partial charge in [0.1, 0.15) is 5.82 Å². The highest BCUT2D eigenvalue weighted by Gasteiger charge is 2.31. The van der Waals surface area contributed by atoms with E-state index in [1.807, 2.05) is 17.2 Å². The first-order chi connectivity index (χ1) is 16.3. The fourth-order valence-electron chi connectivity index (χ4n) is 5.52. The molecule has 0 aliphatic carbocycles. The van der Waals surface area contributed by atoms with E-state index < -0.39 is 0 Å². The van der Waals surface area contributed by atoms with Crippen molar-refractivity contribution in [3.8, 4) is 0 Å². The summed E-state index contributed by atoms with van der Waals surface area (Å²) in [6.07, 6.45) is 12.9. The van der Waals surface area contributed by atoms with E-state index >= 15 is 0 Å². The van der Waals surface area contributed by atoms with Crippen LogP contribution in [0.3, 0.4) is 0 Å². The van der Waals surface area contributed by atoms with Crippen LogP contribution in [-0.4, -0.2) is 77.0 Å². The fourth-order valence-corrected chi connectivity index (χ4v) is 5.52. The predicted octanol–water partition coefficient (Wildman–Crippen LogP) is 3.63. The summed E-state index contributed by atoms with van der Waals surface area (Å²) >= 11 is 0. The van der Waals surface area contributed by atoms with E-state index in [-0.39, 0.29) is 5.91 Å². The first-order valence-electron chi connectivity index (χ1n) is 12.7. The minimum Gasteiger partial charge on any atom is -0.459 e. The fraction of sp³-hybridized carbons (Fsp3) is 0.640. The number of furan rings is 1. The smallest absolute Gasteiger partial charge is 0.289 e. The molecule has 3 aliphatic heterocycles. The lowest BCUT2D eigenvalue weighted by Gasteiger charge is -2.42. The molecule has 5 heterocycles. The number of carbonyl (C=O) groups excluding carboxylic acids is 1. The third kappa shape index (κ3) is 5.49. The number of aromatic nitrogens is 2. The summed E-state index contributed by atoms with van der Waals surface area (Å²) in [6.45, 7) is 5.90. The highest BCUT2D eigenvalue weighted by Crippen LogP contribution is 2.24. The van der Waals surface area contributed by atoms with Crippen molar-refractivity contribution < 1.29 is 9.21 Å². The second-order valence-electron chi connectivity index (χ2n) is 9.62. The lowest BCUT2D eigenvalue weighted by Crippen LogP contribution is -2.51. The zero-order valence-corrected chi connectivity index (χ0v) is 19.5. The van der Waals surface area contributed by atoms with Gasteiger partial charge in [-0.3, -0.25) is 9.69 Å². The van der Waals surface area contributed by atoms with Crippen LogP contribution >= 0.6 is 0 Å². The number of hydrogen-bond donors (Lipinski definition) is 1. The predicted molar refractivity (Wildman–Crippen MR) is 129 cm³/mol. The first kappa shape index (κ1) is 22.2. The zero-order chi connectivity index (χ0) is 22.5. The lowest BCUT2D eigenvalue weighted by atomic mass is 9.98. The molecule has 0 spiro atoms. The van der Waals surface area contributed by atoms with Gasteiger partial charge in [0.05, 0.1) is 6.26 Å². The highest BCUT2D eigenvalue weighted by atomic mass is 16.3. The molecule has 8 nitrogen and oxygen atoms in total. The van der Waals surface area contributed by atoms with Gasteiger partial charge < -0.3 is 19.5 Å². The third-order valence-electron chi connectivity index (χ3n) is 7.36. The van der Waals surface area contributed by atoms with Crippen LogP contribution in [0.4, 0.5) is 11.8 Å². The lowest BCUT2D eigenvalue weighted by molar-refractivity contribution is 0.0553. The molecule has 3 aliphatic rings. The van der Waals surface area contributed by atoms with Gasteiger partial charge in [-0.05, 0) is 63.3 Å². The zero-order valence-electron chi connectivity index (χ0n) is 19.5. The number of nitrogens with zero attached hydrogens (tertiary/aromatic N) is 5. The molecular formula is C25H36N6O2. The SMILES string of the molecule is O=C(c1ccco1)N1CCC(N2CCCC(Nc3nccc(N4CCCCCC4)n3)C2)CC1. The Labute approximate surface area is 196 Å². The van der Waals surface area contributed by atoms with Gasteiger partial charge in [-0.15, -0.1) is 0 Å². The Morgan fingerprint density at radius 2 is 1.79 bits per heavy atom. The van der Waals surface area contributed by atoms with E-state index in [4.69, 9.17) is 9.40 Å². The first-order valence-corrected chi connectivity index (χ1v) is 12.7. The Balaban J connectivity index is 1.14. The summed E-state index contributed by atoms with van der Waals surface area (Å²) in [7, 11) is 0. The molecular weight excluding hydrogens is 416 g/mol. The van der Waals surface area contributed by atoms with Crippen molar-refractivity contribution in [2.24, 2.45) is 0 Å². The van der Waals surface area contributed by atoms with Crippen LogP contribution in [-0.2, 0) is 0 Å². The molecule has 1 amide bonds. The maximum Gasteiger partial charge on any atom is 0.289 e. The van der Waals surface area contributed by atoms with Crippen molar-refractivity contribution in [1.29, 1.82) is 0 Å². The summed E-state index contributed by atoms with van der Waals surface area (Å²) in [6, 6.07) is 6.45.